The third-order valence-electron chi connectivity index (χ3n) is 4.42. The number of likely N-dealkylation sites (tertiary alicyclic amines) is 1. The average Bonchev–Trinajstić information content (AvgIpc) is 3.00. The molecule has 2 fully saturated rings. The molecule has 20 heavy (non-hydrogen) atoms. The van der Waals surface area contributed by atoms with Crippen molar-refractivity contribution >= 4 is 11.3 Å². The number of likely N-dealkylation sites (N-methyl/N-ethyl adjacent to an activating group) is 1. The minimum Gasteiger partial charge on any atom is -0.304 e. The van der Waals surface area contributed by atoms with Crippen LogP contribution >= 0.6 is 11.3 Å². The van der Waals surface area contributed by atoms with Gasteiger partial charge in [-0.15, -0.1) is 11.3 Å². The second-order valence-electron chi connectivity index (χ2n) is 7.63. The molecule has 3 nitrogen and oxygen atoms in total. The van der Waals surface area contributed by atoms with Crippen LogP contribution in [0.4, 0.5) is 0 Å². The number of rotatable bonds is 3. The summed E-state index contributed by atoms with van der Waals surface area (Å²) < 4.78 is 0. The molecule has 1 aliphatic heterocycles. The Bertz CT molecular complexity index is 468. The van der Waals surface area contributed by atoms with Gasteiger partial charge in [0.05, 0.1) is 11.2 Å². The van der Waals surface area contributed by atoms with Crippen LogP contribution in [0.25, 0.3) is 0 Å². The summed E-state index contributed by atoms with van der Waals surface area (Å²) in [5.74, 6) is 0. The fourth-order valence-corrected chi connectivity index (χ4v) is 4.31. The summed E-state index contributed by atoms with van der Waals surface area (Å²) in [7, 11) is 2.24. The summed E-state index contributed by atoms with van der Waals surface area (Å²) in [6, 6.07) is 0.725. The zero-order chi connectivity index (χ0) is 14.4. The first-order chi connectivity index (χ1) is 9.39. The van der Waals surface area contributed by atoms with Crippen molar-refractivity contribution in [3.63, 3.8) is 0 Å². The van der Waals surface area contributed by atoms with Gasteiger partial charge in [-0.05, 0) is 39.3 Å². The fraction of sp³-hybridized carbons (Fsp3) is 0.812. The summed E-state index contributed by atoms with van der Waals surface area (Å²) >= 11 is 1.85. The van der Waals surface area contributed by atoms with Gasteiger partial charge in [-0.1, -0.05) is 20.8 Å². The normalized spacial score (nSPS) is 28.8. The second-order valence-corrected chi connectivity index (χ2v) is 8.49. The average molecular weight is 293 g/mol. The summed E-state index contributed by atoms with van der Waals surface area (Å²) in [6.45, 7) is 9.06. The van der Waals surface area contributed by atoms with Crippen LogP contribution in [-0.4, -0.2) is 36.1 Å². The maximum atomic E-state index is 5.02. The first-order valence-electron chi connectivity index (χ1n) is 7.82. The van der Waals surface area contributed by atoms with E-state index in [4.69, 9.17) is 4.98 Å². The molecule has 0 radical (unpaired) electrons. The van der Waals surface area contributed by atoms with Crippen LogP contribution in [0.3, 0.4) is 0 Å². The van der Waals surface area contributed by atoms with Crippen LogP contribution in [0.5, 0.6) is 0 Å². The number of nitrogens with zero attached hydrogens (tertiary/aromatic N) is 2. The van der Waals surface area contributed by atoms with Crippen molar-refractivity contribution in [3.05, 3.63) is 16.1 Å². The van der Waals surface area contributed by atoms with Crippen molar-refractivity contribution in [2.45, 2.75) is 63.5 Å². The Hall–Kier alpha value is -0.450. The summed E-state index contributed by atoms with van der Waals surface area (Å²) in [5, 5.41) is 7.49. The molecule has 2 heterocycles. The highest BCUT2D eigenvalue weighted by molar-refractivity contribution is 7.09. The zero-order valence-electron chi connectivity index (χ0n) is 13.2. The summed E-state index contributed by atoms with van der Waals surface area (Å²) in [5.41, 5.74) is 1.49. The smallest absolute Gasteiger partial charge is 0.114 e. The molecule has 1 saturated heterocycles. The largest absolute Gasteiger partial charge is 0.304 e. The number of piperidine rings is 1. The zero-order valence-corrected chi connectivity index (χ0v) is 14.0. The molecule has 1 unspecified atom stereocenters. The molecule has 112 valence electrons. The van der Waals surface area contributed by atoms with Crippen molar-refractivity contribution in [1.82, 2.24) is 15.2 Å². The molecule has 1 saturated carbocycles. The van der Waals surface area contributed by atoms with E-state index in [-0.39, 0.29) is 11.0 Å². The molecule has 0 amide bonds. The lowest BCUT2D eigenvalue weighted by atomic mass is 9.89. The first kappa shape index (κ1) is 14.5. The first-order valence-corrected chi connectivity index (χ1v) is 8.70. The Kier molecular flexibility index (Phi) is 3.68. The Balaban J connectivity index is 1.90. The van der Waals surface area contributed by atoms with Gasteiger partial charge in [-0.2, -0.15) is 0 Å². The molecule has 0 aromatic carbocycles. The molecule has 0 bridgehead atoms. The Morgan fingerprint density at radius 2 is 2.15 bits per heavy atom. The maximum absolute atomic E-state index is 5.02. The number of thiazole rings is 1. The van der Waals surface area contributed by atoms with Gasteiger partial charge in [0.1, 0.15) is 5.01 Å². The van der Waals surface area contributed by atoms with Gasteiger partial charge in [0.15, 0.2) is 0 Å². The van der Waals surface area contributed by atoms with Gasteiger partial charge >= 0.3 is 0 Å². The number of aromatic nitrogens is 1. The lowest BCUT2D eigenvalue weighted by Gasteiger charge is -2.41. The highest BCUT2D eigenvalue weighted by Gasteiger charge is 2.42. The van der Waals surface area contributed by atoms with Crippen LogP contribution in [0, 0.1) is 0 Å². The van der Waals surface area contributed by atoms with Crippen LogP contribution in [0.15, 0.2) is 5.38 Å². The highest BCUT2D eigenvalue weighted by Crippen LogP contribution is 2.38. The Morgan fingerprint density at radius 1 is 1.40 bits per heavy atom. The van der Waals surface area contributed by atoms with E-state index in [1.54, 1.807) is 0 Å². The van der Waals surface area contributed by atoms with E-state index in [0.717, 1.165) is 12.6 Å². The molecule has 1 atom stereocenters. The lowest BCUT2D eigenvalue weighted by Crippen LogP contribution is -2.54. The molecule has 1 aromatic heterocycles. The van der Waals surface area contributed by atoms with Crippen molar-refractivity contribution in [2.24, 2.45) is 0 Å². The molecule has 0 spiro atoms. The van der Waals surface area contributed by atoms with E-state index >= 15 is 0 Å². The minimum atomic E-state index is 0.0995. The van der Waals surface area contributed by atoms with Gasteiger partial charge in [-0.25, -0.2) is 4.98 Å². The van der Waals surface area contributed by atoms with Crippen LogP contribution < -0.4 is 5.32 Å². The van der Waals surface area contributed by atoms with Gasteiger partial charge in [0, 0.05) is 23.4 Å². The van der Waals surface area contributed by atoms with Crippen molar-refractivity contribution in [2.75, 3.05) is 20.1 Å². The third-order valence-corrected chi connectivity index (χ3v) is 5.47. The standard InChI is InChI=1S/C16H27N3S/c1-15(2,3)13-10-20-14(17-13)16(18-12-6-7-12)8-5-9-19(4)11-16/h10,12,18H,5-9,11H2,1-4H3. The minimum absolute atomic E-state index is 0.0995. The molecular weight excluding hydrogens is 266 g/mol. The fourth-order valence-electron chi connectivity index (χ4n) is 3.08. The monoisotopic (exact) mass is 293 g/mol. The number of hydrogen-bond donors (Lipinski definition) is 1. The van der Waals surface area contributed by atoms with Crippen molar-refractivity contribution in [3.8, 4) is 0 Å². The van der Waals surface area contributed by atoms with Gasteiger partial charge in [0.2, 0.25) is 0 Å². The predicted molar refractivity (Wildman–Crippen MR) is 85.4 cm³/mol. The molecule has 2 aliphatic rings. The van der Waals surface area contributed by atoms with Crippen LogP contribution in [-0.2, 0) is 11.0 Å². The molecule has 1 aromatic rings. The Morgan fingerprint density at radius 3 is 2.70 bits per heavy atom. The Labute approximate surface area is 126 Å². The maximum Gasteiger partial charge on any atom is 0.114 e. The second kappa shape index (κ2) is 5.08. The molecule has 1 aliphatic carbocycles. The van der Waals surface area contributed by atoms with E-state index in [1.807, 2.05) is 11.3 Å². The summed E-state index contributed by atoms with van der Waals surface area (Å²) in [4.78, 5) is 7.48. The van der Waals surface area contributed by atoms with E-state index < -0.39 is 0 Å². The van der Waals surface area contributed by atoms with E-state index in [2.05, 4.69) is 43.4 Å². The van der Waals surface area contributed by atoms with Crippen LogP contribution in [0.2, 0.25) is 0 Å². The van der Waals surface area contributed by atoms with Crippen molar-refractivity contribution < 1.29 is 0 Å². The van der Waals surface area contributed by atoms with Crippen LogP contribution in [0.1, 0.15) is 57.2 Å². The third kappa shape index (κ3) is 2.92. The van der Waals surface area contributed by atoms with E-state index in [0.29, 0.717) is 0 Å². The highest BCUT2D eigenvalue weighted by atomic mass is 32.1. The predicted octanol–water partition coefficient (Wildman–Crippen LogP) is 3.11. The van der Waals surface area contributed by atoms with E-state index in [9.17, 15) is 0 Å². The van der Waals surface area contributed by atoms with Crippen molar-refractivity contribution in [1.29, 1.82) is 0 Å². The van der Waals surface area contributed by atoms with Gasteiger partial charge in [-0.3, -0.25) is 0 Å². The number of nitrogens with one attached hydrogen (secondary N) is 1. The summed E-state index contributed by atoms with van der Waals surface area (Å²) in [6.07, 6.45) is 5.16. The lowest BCUT2D eigenvalue weighted by molar-refractivity contribution is 0.141. The molecule has 3 rings (SSSR count). The molecular formula is C16H27N3S. The van der Waals surface area contributed by atoms with Gasteiger partial charge in [0.25, 0.3) is 0 Å². The quantitative estimate of drug-likeness (QED) is 0.928. The number of hydrogen-bond acceptors (Lipinski definition) is 4. The SMILES string of the molecule is CN1CCCC(NC2CC2)(c2nc(C(C)(C)C)cs2)C1. The molecule has 1 N–H and O–H groups in total. The van der Waals surface area contributed by atoms with E-state index in [1.165, 1.54) is 42.9 Å². The topological polar surface area (TPSA) is 28.2 Å². The molecule has 4 heteroatoms. The van der Waals surface area contributed by atoms with Gasteiger partial charge < -0.3 is 10.2 Å².